The van der Waals surface area contributed by atoms with E-state index in [4.69, 9.17) is 4.74 Å². The highest BCUT2D eigenvalue weighted by Crippen LogP contribution is 2.13. The van der Waals surface area contributed by atoms with Crippen molar-refractivity contribution in [1.29, 1.82) is 0 Å². The van der Waals surface area contributed by atoms with Gasteiger partial charge < -0.3 is 20.1 Å². The number of hydrogen-bond acceptors (Lipinski definition) is 6. The number of nitro benzene ring substituents is 1. The molecule has 0 saturated heterocycles. The first-order chi connectivity index (χ1) is 12.5. The summed E-state index contributed by atoms with van der Waals surface area (Å²) in [6, 6.07) is 4.71. The predicted octanol–water partition coefficient (Wildman–Crippen LogP) is 1.87. The summed E-state index contributed by atoms with van der Waals surface area (Å²) in [4.78, 5) is 35.9. The Labute approximate surface area is 158 Å². The first-order valence-electron chi connectivity index (χ1n) is 8.66. The van der Waals surface area contributed by atoms with E-state index >= 15 is 0 Å². The molecule has 0 aliphatic rings. The molecule has 0 aliphatic carbocycles. The molecule has 0 spiro atoms. The molecule has 0 aliphatic heterocycles. The zero-order valence-electron chi connectivity index (χ0n) is 16.1. The summed E-state index contributed by atoms with van der Waals surface area (Å²) in [5, 5.41) is 22.4. The molecular weight excluding hydrogens is 354 g/mol. The van der Waals surface area contributed by atoms with Crippen LogP contribution in [0.2, 0.25) is 0 Å². The summed E-state index contributed by atoms with van der Waals surface area (Å²) in [5.74, 6) is -0.546. The zero-order chi connectivity index (χ0) is 20.6. The summed E-state index contributed by atoms with van der Waals surface area (Å²) in [6.07, 6.45) is 0.451. The summed E-state index contributed by atoms with van der Waals surface area (Å²) >= 11 is 0. The lowest BCUT2D eigenvalue weighted by atomic mass is 10.1. The summed E-state index contributed by atoms with van der Waals surface area (Å²) in [6.45, 7) is 6.89. The number of esters is 1. The molecule has 1 aromatic carbocycles. The number of nitrogens with one attached hydrogen (secondary N) is 1. The van der Waals surface area contributed by atoms with Crippen LogP contribution in [-0.2, 0) is 16.0 Å². The van der Waals surface area contributed by atoms with Crippen molar-refractivity contribution in [2.45, 2.75) is 45.8 Å². The molecule has 2 N–H and O–H groups in total. The molecule has 0 radical (unpaired) electrons. The smallest absolute Gasteiger partial charge is 0.328 e. The van der Waals surface area contributed by atoms with Crippen molar-refractivity contribution in [3.8, 4) is 0 Å². The van der Waals surface area contributed by atoms with Gasteiger partial charge in [-0.2, -0.15) is 0 Å². The maximum absolute atomic E-state index is 12.4. The SMILES string of the molecule is C[C@H](NC(=O)N(CCO)CCc1ccc([N+](=O)[O-])cc1)C(=O)OC(C)(C)C. The molecule has 0 unspecified atom stereocenters. The second-order valence-electron chi connectivity index (χ2n) is 7.09. The van der Waals surface area contributed by atoms with Crippen molar-refractivity contribution in [3.05, 3.63) is 39.9 Å². The predicted molar refractivity (Wildman–Crippen MR) is 99.3 cm³/mol. The van der Waals surface area contributed by atoms with Crippen molar-refractivity contribution < 1.29 is 24.4 Å². The van der Waals surface area contributed by atoms with Gasteiger partial charge in [0, 0.05) is 25.2 Å². The average Bonchev–Trinajstić information content (AvgIpc) is 2.57. The van der Waals surface area contributed by atoms with Crippen LogP contribution in [0.3, 0.4) is 0 Å². The van der Waals surface area contributed by atoms with Crippen LogP contribution in [0.4, 0.5) is 10.5 Å². The Morgan fingerprint density at radius 3 is 2.33 bits per heavy atom. The fourth-order valence-electron chi connectivity index (χ4n) is 2.21. The molecule has 2 amide bonds. The molecule has 1 rings (SSSR count). The van der Waals surface area contributed by atoms with Crippen LogP contribution in [0, 0.1) is 10.1 Å². The first-order valence-corrected chi connectivity index (χ1v) is 8.66. The van der Waals surface area contributed by atoms with E-state index in [-0.39, 0.29) is 25.4 Å². The van der Waals surface area contributed by atoms with Gasteiger partial charge in [0.05, 0.1) is 11.5 Å². The summed E-state index contributed by atoms with van der Waals surface area (Å²) < 4.78 is 5.22. The topological polar surface area (TPSA) is 122 Å². The summed E-state index contributed by atoms with van der Waals surface area (Å²) in [5.41, 5.74) is 0.156. The Hall–Kier alpha value is -2.68. The van der Waals surface area contributed by atoms with Gasteiger partial charge in [0.2, 0.25) is 0 Å². The molecule has 150 valence electrons. The highest BCUT2D eigenvalue weighted by atomic mass is 16.6. The molecule has 1 aromatic rings. The maximum atomic E-state index is 12.4. The number of ether oxygens (including phenoxy) is 1. The van der Waals surface area contributed by atoms with Gasteiger partial charge in [-0.15, -0.1) is 0 Å². The number of rotatable bonds is 8. The minimum atomic E-state index is -0.836. The van der Waals surface area contributed by atoms with E-state index in [1.165, 1.54) is 24.0 Å². The van der Waals surface area contributed by atoms with Gasteiger partial charge in [-0.25, -0.2) is 9.59 Å². The minimum absolute atomic E-state index is 0.00473. The Bertz CT molecular complexity index is 654. The number of carbonyl (C=O) groups excluding carboxylic acids is 2. The maximum Gasteiger partial charge on any atom is 0.328 e. The second-order valence-corrected chi connectivity index (χ2v) is 7.09. The van der Waals surface area contributed by atoms with Crippen LogP contribution in [0.25, 0.3) is 0 Å². The van der Waals surface area contributed by atoms with Crippen molar-refractivity contribution in [3.63, 3.8) is 0 Å². The largest absolute Gasteiger partial charge is 0.458 e. The number of carbonyl (C=O) groups is 2. The van der Waals surface area contributed by atoms with Gasteiger partial charge in [-0.1, -0.05) is 12.1 Å². The Kier molecular flexibility index (Phi) is 8.17. The van der Waals surface area contributed by atoms with Crippen LogP contribution >= 0.6 is 0 Å². The van der Waals surface area contributed by atoms with Crippen LogP contribution in [0.5, 0.6) is 0 Å². The van der Waals surface area contributed by atoms with E-state index in [1.54, 1.807) is 32.9 Å². The minimum Gasteiger partial charge on any atom is -0.458 e. The number of urea groups is 1. The highest BCUT2D eigenvalue weighted by Gasteiger charge is 2.24. The first kappa shape index (κ1) is 22.4. The van der Waals surface area contributed by atoms with E-state index in [0.29, 0.717) is 6.42 Å². The second kappa shape index (κ2) is 9.86. The Morgan fingerprint density at radius 1 is 1.26 bits per heavy atom. The number of non-ortho nitro benzene ring substituents is 1. The molecule has 0 heterocycles. The normalized spacial score (nSPS) is 12.2. The number of aliphatic hydroxyl groups excluding tert-OH is 1. The standard InChI is InChI=1S/C18H27N3O6/c1-13(16(23)27-18(2,3)4)19-17(24)20(11-12-22)10-9-14-5-7-15(8-6-14)21(25)26/h5-8,13,22H,9-12H2,1-4H3,(H,19,24)/t13-/m0/s1. The third-order valence-corrected chi connectivity index (χ3v) is 3.57. The van der Waals surface area contributed by atoms with E-state index in [2.05, 4.69) is 5.32 Å². The third kappa shape index (κ3) is 8.04. The molecule has 27 heavy (non-hydrogen) atoms. The van der Waals surface area contributed by atoms with Crippen LogP contribution in [-0.4, -0.2) is 58.3 Å². The number of hydrogen-bond donors (Lipinski definition) is 2. The average molecular weight is 381 g/mol. The van der Waals surface area contributed by atoms with Gasteiger partial charge in [0.15, 0.2) is 0 Å². The lowest BCUT2D eigenvalue weighted by molar-refractivity contribution is -0.384. The van der Waals surface area contributed by atoms with E-state index in [9.17, 15) is 24.8 Å². The van der Waals surface area contributed by atoms with E-state index < -0.39 is 28.6 Å². The molecular formula is C18H27N3O6. The number of nitrogens with zero attached hydrogens (tertiary/aromatic N) is 2. The van der Waals surface area contributed by atoms with E-state index in [0.717, 1.165) is 5.56 Å². The Morgan fingerprint density at radius 2 is 1.85 bits per heavy atom. The zero-order valence-corrected chi connectivity index (χ0v) is 16.1. The number of benzene rings is 1. The van der Waals surface area contributed by atoms with Crippen LogP contribution in [0.15, 0.2) is 24.3 Å². The number of amides is 2. The molecule has 9 heteroatoms. The van der Waals surface area contributed by atoms with Crippen molar-refractivity contribution in [2.24, 2.45) is 0 Å². The van der Waals surface area contributed by atoms with Gasteiger partial charge in [-0.05, 0) is 39.7 Å². The third-order valence-electron chi connectivity index (χ3n) is 3.57. The Balaban J connectivity index is 2.64. The fourth-order valence-corrected chi connectivity index (χ4v) is 2.21. The molecule has 9 nitrogen and oxygen atoms in total. The van der Waals surface area contributed by atoms with Gasteiger partial charge >= 0.3 is 12.0 Å². The molecule has 0 saturated carbocycles. The summed E-state index contributed by atoms with van der Waals surface area (Å²) in [7, 11) is 0. The number of aliphatic hydroxyl groups is 1. The molecule has 0 bridgehead atoms. The molecule has 0 fully saturated rings. The van der Waals surface area contributed by atoms with Crippen molar-refractivity contribution >= 4 is 17.7 Å². The van der Waals surface area contributed by atoms with Gasteiger partial charge in [0.25, 0.3) is 5.69 Å². The highest BCUT2D eigenvalue weighted by molar-refractivity contribution is 5.83. The number of nitro groups is 1. The lowest BCUT2D eigenvalue weighted by Gasteiger charge is -2.26. The van der Waals surface area contributed by atoms with Crippen LogP contribution < -0.4 is 5.32 Å². The lowest BCUT2D eigenvalue weighted by Crippen LogP contribution is -2.49. The van der Waals surface area contributed by atoms with Crippen molar-refractivity contribution in [1.82, 2.24) is 10.2 Å². The van der Waals surface area contributed by atoms with Crippen molar-refractivity contribution in [2.75, 3.05) is 19.7 Å². The van der Waals surface area contributed by atoms with Gasteiger partial charge in [-0.3, -0.25) is 10.1 Å². The van der Waals surface area contributed by atoms with Crippen LogP contribution in [0.1, 0.15) is 33.3 Å². The van der Waals surface area contributed by atoms with Gasteiger partial charge in [0.1, 0.15) is 11.6 Å². The monoisotopic (exact) mass is 381 g/mol. The van der Waals surface area contributed by atoms with E-state index in [1.807, 2.05) is 0 Å². The quantitative estimate of drug-likeness (QED) is 0.403. The molecule has 1 atom stereocenters. The fraction of sp³-hybridized carbons (Fsp3) is 0.556. The molecule has 0 aromatic heterocycles.